The summed E-state index contributed by atoms with van der Waals surface area (Å²) >= 11 is 0. The van der Waals surface area contributed by atoms with Crippen molar-refractivity contribution in [3.63, 3.8) is 0 Å². The lowest BCUT2D eigenvalue weighted by Gasteiger charge is -2.09. The molecule has 1 heterocycles. The molecule has 0 unspecified atom stereocenters. The average Bonchev–Trinajstić information content (AvgIpc) is 2.97. The van der Waals surface area contributed by atoms with Gasteiger partial charge in [0.05, 0.1) is 22.7 Å². The summed E-state index contributed by atoms with van der Waals surface area (Å²) in [4.78, 5) is 15.3. The number of benzene rings is 2. The Morgan fingerprint density at radius 2 is 1.46 bits per heavy atom. The number of nitrogens with one attached hydrogen (secondary N) is 3. The Kier molecular flexibility index (Phi) is 5.04. The molecule has 0 fully saturated rings. The summed E-state index contributed by atoms with van der Waals surface area (Å²) < 4.78 is 64.7. The van der Waals surface area contributed by atoms with Crippen molar-refractivity contribution in [3.8, 4) is 17.0 Å². The Bertz CT molecular complexity index is 1130. The lowest BCUT2D eigenvalue weighted by molar-refractivity contribution is -0.137. The van der Waals surface area contributed by atoms with Crippen LogP contribution in [0, 0.1) is 0 Å². The van der Waals surface area contributed by atoms with E-state index in [9.17, 15) is 31.5 Å². The van der Waals surface area contributed by atoms with E-state index in [4.69, 9.17) is 0 Å². The van der Waals surface area contributed by atoms with Crippen LogP contribution < -0.4 is 10.4 Å². The number of sulfonamides is 1. The average molecular weight is 413 g/mol. The van der Waals surface area contributed by atoms with Crippen LogP contribution in [0.2, 0.25) is 0 Å². The first-order valence-electron chi connectivity index (χ1n) is 7.84. The molecular weight excluding hydrogens is 399 g/mol. The minimum Gasteiger partial charge on any atom is -0.493 e. The van der Waals surface area contributed by atoms with E-state index < -0.39 is 33.3 Å². The van der Waals surface area contributed by atoms with E-state index in [0.29, 0.717) is 11.1 Å². The third kappa shape index (κ3) is 4.26. The Balaban J connectivity index is 1.75. The molecule has 0 atom stereocenters. The summed E-state index contributed by atoms with van der Waals surface area (Å²) in [5.41, 5.74) is -0.423. The first-order chi connectivity index (χ1) is 13.1. The van der Waals surface area contributed by atoms with E-state index in [1.54, 1.807) is 0 Å². The Hall–Kier alpha value is -3.05. The van der Waals surface area contributed by atoms with Crippen molar-refractivity contribution in [2.45, 2.75) is 17.6 Å². The first kappa shape index (κ1) is 19.7. The molecule has 0 bridgehead atoms. The van der Waals surface area contributed by atoms with E-state index in [2.05, 4.69) is 14.7 Å². The molecular formula is C17H14F3N3O4S. The molecule has 0 saturated heterocycles. The fourth-order valence-corrected chi connectivity index (χ4v) is 3.46. The number of hydrogen-bond acceptors (Lipinski definition) is 4. The number of aromatic amines is 2. The number of hydrogen-bond donors (Lipinski definition) is 4. The van der Waals surface area contributed by atoms with E-state index in [0.717, 1.165) is 12.1 Å². The molecule has 2 aromatic carbocycles. The lowest BCUT2D eigenvalue weighted by atomic mass is 10.0. The molecule has 28 heavy (non-hydrogen) atoms. The Labute approximate surface area is 156 Å². The van der Waals surface area contributed by atoms with Crippen molar-refractivity contribution in [3.05, 3.63) is 70.3 Å². The zero-order valence-electron chi connectivity index (χ0n) is 14.0. The fourth-order valence-electron chi connectivity index (χ4n) is 2.47. The zero-order chi connectivity index (χ0) is 20.5. The van der Waals surface area contributed by atoms with Crippen LogP contribution >= 0.6 is 0 Å². The van der Waals surface area contributed by atoms with Gasteiger partial charge >= 0.3 is 11.9 Å². The molecule has 7 nitrogen and oxygen atoms in total. The van der Waals surface area contributed by atoms with Crippen LogP contribution in [0.25, 0.3) is 11.1 Å². The molecule has 0 radical (unpaired) electrons. The predicted molar refractivity (Wildman–Crippen MR) is 94.0 cm³/mol. The van der Waals surface area contributed by atoms with Crippen LogP contribution in [0.1, 0.15) is 11.3 Å². The highest BCUT2D eigenvalue weighted by molar-refractivity contribution is 7.89. The molecule has 0 amide bonds. The van der Waals surface area contributed by atoms with Gasteiger partial charge in [-0.2, -0.15) is 13.2 Å². The summed E-state index contributed by atoms with van der Waals surface area (Å²) in [6, 6.07) is 10.0. The quantitative estimate of drug-likeness (QED) is 0.515. The number of rotatable bonds is 5. The molecule has 4 N–H and O–H groups in total. The smallest absolute Gasteiger partial charge is 0.416 e. The maximum absolute atomic E-state index is 12.6. The van der Waals surface area contributed by atoms with Gasteiger partial charge in [0, 0.05) is 0 Å². The Morgan fingerprint density at radius 1 is 0.929 bits per heavy atom. The van der Waals surface area contributed by atoms with Gasteiger partial charge in [0.25, 0.3) is 0 Å². The minimum absolute atomic E-state index is 0.0186. The highest BCUT2D eigenvalue weighted by Gasteiger charge is 2.30. The number of aromatic nitrogens is 2. The van der Waals surface area contributed by atoms with Crippen LogP contribution in [0.5, 0.6) is 5.88 Å². The van der Waals surface area contributed by atoms with Gasteiger partial charge < -0.3 is 10.1 Å². The minimum atomic E-state index is -4.43. The van der Waals surface area contributed by atoms with Gasteiger partial charge in [-0.15, -0.1) is 0 Å². The maximum atomic E-state index is 12.6. The van der Waals surface area contributed by atoms with Gasteiger partial charge in [0.2, 0.25) is 15.9 Å². The second-order valence-electron chi connectivity index (χ2n) is 5.83. The number of H-pyrrole nitrogens is 2. The SMILES string of the molecule is O=c1[nH]c(O)c(CNS(=O)(=O)c2ccc(-c3ccc(C(F)(F)F)cc3)cc2)[nH]1. The summed E-state index contributed by atoms with van der Waals surface area (Å²) in [5, 5.41) is 9.44. The normalized spacial score (nSPS) is 12.2. The third-order valence-electron chi connectivity index (χ3n) is 3.93. The van der Waals surface area contributed by atoms with Crippen molar-refractivity contribution in [2.24, 2.45) is 0 Å². The topological polar surface area (TPSA) is 115 Å². The van der Waals surface area contributed by atoms with Crippen LogP contribution in [0.15, 0.2) is 58.2 Å². The lowest BCUT2D eigenvalue weighted by Crippen LogP contribution is -2.23. The van der Waals surface area contributed by atoms with Gasteiger partial charge in [-0.3, -0.25) is 4.98 Å². The van der Waals surface area contributed by atoms with Gasteiger partial charge in [0.1, 0.15) is 0 Å². The molecule has 0 aliphatic rings. The van der Waals surface area contributed by atoms with Crippen molar-refractivity contribution in [1.29, 1.82) is 0 Å². The van der Waals surface area contributed by atoms with Crippen LogP contribution in [-0.4, -0.2) is 23.5 Å². The number of aromatic hydroxyl groups is 1. The predicted octanol–water partition coefficient (Wildman–Crippen LogP) is 2.57. The summed E-state index contributed by atoms with van der Waals surface area (Å²) in [7, 11) is -3.94. The molecule has 0 saturated carbocycles. The summed E-state index contributed by atoms with van der Waals surface area (Å²) in [6.45, 7) is -0.340. The number of imidazole rings is 1. The van der Waals surface area contributed by atoms with E-state index in [1.165, 1.54) is 36.4 Å². The highest BCUT2D eigenvalue weighted by Crippen LogP contribution is 2.31. The molecule has 148 valence electrons. The first-order valence-corrected chi connectivity index (χ1v) is 9.32. The van der Waals surface area contributed by atoms with Gasteiger partial charge in [-0.1, -0.05) is 24.3 Å². The fraction of sp³-hybridized carbons (Fsp3) is 0.118. The van der Waals surface area contributed by atoms with Crippen molar-refractivity contribution < 1.29 is 26.7 Å². The zero-order valence-corrected chi connectivity index (χ0v) is 14.9. The van der Waals surface area contributed by atoms with E-state index in [-0.39, 0.29) is 17.1 Å². The van der Waals surface area contributed by atoms with Gasteiger partial charge in [0.15, 0.2) is 0 Å². The molecule has 11 heteroatoms. The second-order valence-corrected chi connectivity index (χ2v) is 7.60. The Morgan fingerprint density at radius 3 is 1.93 bits per heavy atom. The van der Waals surface area contributed by atoms with Gasteiger partial charge in [-0.05, 0) is 35.4 Å². The molecule has 0 aliphatic carbocycles. The molecule has 3 rings (SSSR count). The molecule has 0 spiro atoms. The summed E-state index contributed by atoms with van der Waals surface area (Å²) in [5.74, 6) is -0.467. The van der Waals surface area contributed by atoms with Crippen molar-refractivity contribution >= 4 is 10.0 Å². The largest absolute Gasteiger partial charge is 0.493 e. The van der Waals surface area contributed by atoms with Crippen molar-refractivity contribution in [2.75, 3.05) is 0 Å². The van der Waals surface area contributed by atoms with E-state index in [1.807, 2.05) is 0 Å². The molecule has 1 aromatic heterocycles. The van der Waals surface area contributed by atoms with Crippen molar-refractivity contribution in [1.82, 2.24) is 14.7 Å². The van der Waals surface area contributed by atoms with Crippen LogP contribution in [-0.2, 0) is 22.7 Å². The number of halogens is 3. The standard InChI is InChI=1S/C17H14F3N3O4S/c18-17(19,20)12-5-1-10(2-6-12)11-3-7-13(8-4-11)28(26,27)21-9-14-15(24)23-16(25)22-14/h1-8,21,24H,9H2,(H2,22,23,25). The van der Waals surface area contributed by atoms with E-state index >= 15 is 0 Å². The highest BCUT2D eigenvalue weighted by atomic mass is 32.2. The maximum Gasteiger partial charge on any atom is 0.416 e. The molecule has 3 aromatic rings. The van der Waals surface area contributed by atoms with Crippen LogP contribution in [0.3, 0.4) is 0 Å². The second kappa shape index (κ2) is 7.17. The molecule has 0 aliphatic heterocycles. The van der Waals surface area contributed by atoms with Gasteiger partial charge in [-0.25, -0.2) is 17.9 Å². The summed E-state index contributed by atoms with van der Waals surface area (Å²) in [6.07, 6.45) is -4.43. The number of alkyl halides is 3. The third-order valence-corrected chi connectivity index (χ3v) is 5.35. The van der Waals surface area contributed by atoms with Crippen LogP contribution in [0.4, 0.5) is 13.2 Å². The monoisotopic (exact) mass is 413 g/mol.